The molecule has 24 heavy (non-hydrogen) atoms. The number of hydrogen-bond donors (Lipinski definition) is 1. The first-order valence-corrected chi connectivity index (χ1v) is 8.13. The van der Waals surface area contributed by atoms with Gasteiger partial charge < -0.3 is 10.1 Å². The molecule has 0 atom stereocenters. The molecule has 0 spiro atoms. The Morgan fingerprint density at radius 3 is 2.79 bits per heavy atom. The van der Waals surface area contributed by atoms with E-state index < -0.39 is 0 Å². The molecule has 1 heterocycles. The molecule has 4 rings (SSSR count). The van der Waals surface area contributed by atoms with Crippen molar-refractivity contribution in [2.45, 2.75) is 18.9 Å². The Morgan fingerprint density at radius 2 is 2.04 bits per heavy atom. The molecule has 1 N–H and O–H groups in total. The summed E-state index contributed by atoms with van der Waals surface area (Å²) in [6, 6.07) is 14.5. The van der Waals surface area contributed by atoms with E-state index in [2.05, 4.69) is 28.6 Å². The van der Waals surface area contributed by atoms with E-state index in [0.717, 1.165) is 34.9 Å². The Morgan fingerprint density at radius 1 is 1.21 bits per heavy atom. The average Bonchev–Trinajstić information content (AvgIpc) is 3.30. The highest BCUT2D eigenvalue weighted by Crippen LogP contribution is 2.27. The van der Waals surface area contributed by atoms with Crippen LogP contribution in [-0.2, 0) is 11.8 Å². The number of nitrogens with zero attached hydrogens (tertiary/aromatic N) is 2. The van der Waals surface area contributed by atoms with E-state index in [1.165, 1.54) is 0 Å². The van der Waals surface area contributed by atoms with Crippen molar-refractivity contribution in [2.24, 2.45) is 7.05 Å². The fourth-order valence-corrected chi connectivity index (χ4v) is 2.78. The third-order valence-corrected chi connectivity index (χ3v) is 4.24. The minimum absolute atomic E-state index is 0.0544. The number of aromatic nitrogens is 2. The maximum atomic E-state index is 11.7. The topological polar surface area (TPSA) is 56.2 Å². The van der Waals surface area contributed by atoms with Crippen LogP contribution in [0.5, 0.6) is 5.75 Å². The highest BCUT2D eigenvalue weighted by molar-refractivity contribution is 5.88. The van der Waals surface area contributed by atoms with Gasteiger partial charge in [0, 0.05) is 24.8 Å². The Labute approximate surface area is 140 Å². The molecule has 0 bridgehead atoms. The van der Waals surface area contributed by atoms with Gasteiger partial charge in [0.1, 0.15) is 5.75 Å². The molecule has 1 aliphatic carbocycles. The van der Waals surface area contributed by atoms with Crippen LogP contribution < -0.4 is 10.1 Å². The van der Waals surface area contributed by atoms with E-state index in [0.29, 0.717) is 11.8 Å². The minimum atomic E-state index is -0.0544. The summed E-state index contributed by atoms with van der Waals surface area (Å²) in [4.78, 5) is 11.7. The fourth-order valence-electron chi connectivity index (χ4n) is 2.78. The van der Waals surface area contributed by atoms with Gasteiger partial charge in [-0.3, -0.25) is 9.48 Å². The molecule has 0 unspecified atom stereocenters. The number of hydrogen-bond acceptors (Lipinski definition) is 3. The van der Waals surface area contributed by atoms with Gasteiger partial charge in [0.2, 0.25) is 0 Å². The van der Waals surface area contributed by atoms with E-state index in [9.17, 15) is 4.79 Å². The number of nitrogens with one attached hydrogen (secondary N) is 1. The first-order chi connectivity index (χ1) is 11.7. The second kappa shape index (κ2) is 6.00. The van der Waals surface area contributed by atoms with Crippen LogP contribution >= 0.6 is 0 Å². The van der Waals surface area contributed by atoms with Crippen molar-refractivity contribution in [3.05, 3.63) is 48.7 Å². The van der Waals surface area contributed by atoms with Gasteiger partial charge in [-0.2, -0.15) is 5.10 Å². The molecular formula is C19H19N3O2. The van der Waals surface area contributed by atoms with Crippen LogP contribution in [0.1, 0.15) is 12.8 Å². The van der Waals surface area contributed by atoms with Gasteiger partial charge in [0.15, 0.2) is 6.61 Å². The molecule has 122 valence electrons. The van der Waals surface area contributed by atoms with Crippen molar-refractivity contribution < 1.29 is 9.53 Å². The van der Waals surface area contributed by atoms with Gasteiger partial charge in [-0.05, 0) is 47.9 Å². The molecule has 0 aliphatic heterocycles. The second-order valence-corrected chi connectivity index (χ2v) is 6.19. The molecule has 2 aromatic carbocycles. The van der Waals surface area contributed by atoms with Crippen LogP contribution in [0, 0.1) is 0 Å². The van der Waals surface area contributed by atoms with Crippen molar-refractivity contribution in [1.82, 2.24) is 15.1 Å². The van der Waals surface area contributed by atoms with Crippen molar-refractivity contribution in [3.8, 4) is 17.0 Å². The summed E-state index contributed by atoms with van der Waals surface area (Å²) in [7, 11) is 1.93. The zero-order valence-corrected chi connectivity index (χ0v) is 13.5. The minimum Gasteiger partial charge on any atom is -0.484 e. The highest BCUT2D eigenvalue weighted by atomic mass is 16.5. The molecule has 0 radical (unpaired) electrons. The van der Waals surface area contributed by atoms with E-state index in [-0.39, 0.29) is 12.5 Å². The average molecular weight is 321 g/mol. The SMILES string of the molecule is Cn1nccc1-c1ccc2ccc(OCC(=O)NC3CC3)cc2c1. The lowest BCUT2D eigenvalue weighted by atomic mass is 10.0. The van der Waals surface area contributed by atoms with Gasteiger partial charge in [-0.1, -0.05) is 18.2 Å². The van der Waals surface area contributed by atoms with Crippen LogP contribution in [0.2, 0.25) is 0 Å². The Hall–Kier alpha value is -2.82. The summed E-state index contributed by atoms with van der Waals surface area (Å²) >= 11 is 0. The summed E-state index contributed by atoms with van der Waals surface area (Å²) in [5.41, 5.74) is 2.16. The van der Waals surface area contributed by atoms with E-state index in [1.807, 2.05) is 36.0 Å². The van der Waals surface area contributed by atoms with Crippen molar-refractivity contribution in [3.63, 3.8) is 0 Å². The van der Waals surface area contributed by atoms with Gasteiger partial charge >= 0.3 is 0 Å². The smallest absolute Gasteiger partial charge is 0.258 e. The van der Waals surface area contributed by atoms with E-state index >= 15 is 0 Å². The summed E-state index contributed by atoms with van der Waals surface area (Å²) < 4.78 is 7.48. The lowest BCUT2D eigenvalue weighted by Crippen LogP contribution is -2.30. The van der Waals surface area contributed by atoms with Crippen molar-refractivity contribution in [1.29, 1.82) is 0 Å². The van der Waals surface area contributed by atoms with Gasteiger partial charge in [-0.25, -0.2) is 0 Å². The van der Waals surface area contributed by atoms with Crippen LogP contribution in [-0.4, -0.2) is 28.3 Å². The predicted molar refractivity (Wildman–Crippen MR) is 92.8 cm³/mol. The van der Waals surface area contributed by atoms with Crippen molar-refractivity contribution >= 4 is 16.7 Å². The van der Waals surface area contributed by atoms with Crippen molar-refractivity contribution in [2.75, 3.05) is 6.61 Å². The van der Waals surface area contributed by atoms with E-state index in [1.54, 1.807) is 6.20 Å². The third-order valence-electron chi connectivity index (χ3n) is 4.24. The number of carbonyl (C=O) groups is 1. The fraction of sp³-hybridized carbons (Fsp3) is 0.263. The quantitative estimate of drug-likeness (QED) is 0.786. The molecule has 3 aromatic rings. The standard InChI is InChI=1S/C19H19N3O2/c1-22-18(8-9-20-22)14-3-2-13-4-7-17(11-15(13)10-14)24-12-19(23)21-16-5-6-16/h2-4,7-11,16H,5-6,12H2,1H3,(H,21,23). The molecule has 1 saturated carbocycles. The third kappa shape index (κ3) is 3.11. The lowest BCUT2D eigenvalue weighted by molar-refractivity contribution is -0.123. The Kier molecular flexibility index (Phi) is 3.69. The van der Waals surface area contributed by atoms with Crippen LogP contribution in [0.25, 0.3) is 22.0 Å². The predicted octanol–water partition coefficient (Wildman–Crippen LogP) is 2.90. The molecule has 1 amide bonds. The summed E-state index contributed by atoms with van der Waals surface area (Å²) in [5.74, 6) is 0.650. The molecular weight excluding hydrogens is 302 g/mol. The number of amides is 1. The zero-order chi connectivity index (χ0) is 16.5. The lowest BCUT2D eigenvalue weighted by Gasteiger charge is -2.09. The van der Waals surface area contributed by atoms with Gasteiger partial charge in [0.05, 0.1) is 5.69 Å². The molecule has 1 aromatic heterocycles. The number of ether oxygens (including phenoxy) is 1. The Balaban J connectivity index is 1.54. The number of rotatable bonds is 5. The molecule has 0 saturated heterocycles. The number of benzene rings is 2. The normalized spacial score (nSPS) is 13.9. The monoisotopic (exact) mass is 321 g/mol. The maximum Gasteiger partial charge on any atom is 0.258 e. The second-order valence-electron chi connectivity index (χ2n) is 6.19. The molecule has 1 aliphatic rings. The summed E-state index contributed by atoms with van der Waals surface area (Å²) in [6.07, 6.45) is 3.95. The van der Waals surface area contributed by atoms with Gasteiger partial charge in [-0.15, -0.1) is 0 Å². The van der Waals surface area contributed by atoms with Crippen LogP contribution in [0.4, 0.5) is 0 Å². The largest absolute Gasteiger partial charge is 0.484 e. The maximum absolute atomic E-state index is 11.7. The van der Waals surface area contributed by atoms with Gasteiger partial charge in [0.25, 0.3) is 5.91 Å². The Bertz CT molecular complexity index is 897. The number of aryl methyl sites for hydroxylation is 1. The first-order valence-electron chi connectivity index (χ1n) is 8.13. The molecule has 5 heteroatoms. The molecule has 1 fully saturated rings. The van der Waals surface area contributed by atoms with E-state index in [4.69, 9.17) is 4.74 Å². The molecule has 5 nitrogen and oxygen atoms in total. The summed E-state index contributed by atoms with van der Waals surface area (Å²) in [5, 5.41) is 9.35. The summed E-state index contributed by atoms with van der Waals surface area (Å²) in [6.45, 7) is 0.0590. The van der Waals surface area contributed by atoms with Crippen LogP contribution in [0.3, 0.4) is 0 Å². The number of fused-ring (bicyclic) bond motifs is 1. The zero-order valence-electron chi connectivity index (χ0n) is 13.5. The highest BCUT2D eigenvalue weighted by Gasteiger charge is 2.23. The van der Waals surface area contributed by atoms with Crippen LogP contribution in [0.15, 0.2) is 48.7 Å². The number of carbonyl (C=O) groups excluding carboxylic acids is 1. The first kappa shape index (κ1) is 14.8.